The van der Waals surface area contributed by atoms with Crippen molar-refractivity contribution in [2.75, 3.05) is 7.11 Å². The number of rotatable bonds is 6. The van der Waals surface area contributed by atoms with Gasteiger partial charge in [0.25, 0.3) is 0 Å². The number of carboxylic acids is 1. The molecule has 3 aromatic rings. The number of benzene rings is 3. The Morgan fingerprint density at radius 1 is 1.00 bits per heavy atom. The molecule has 0 amide bonds. The molecule has 6 nitrogen and oxygen atoms in total. The molecule has 1 N–H and O–H groups in total. The normalized spacial score (nSPS) is 10.7. The van der Waals surface area contributed by atoms with E-state index in [2.05, 4.69) is 4.99 Å². The minimum atomic E-state index is -0.993. The fourth-order valence-corrected chi connectivity index (χ4v) is 2.68. The van der Waals surface area contributed by atoms with Gasteiger partial charge in [-0.05, 0) is 60.2 Å². The number of aromatic carboxylic acids is 1. The standard InChI is InChI=1S/C22H16ClNO5/c1-28-20-12-14(13-24-16-9-7-15(8-10-16)21(25)26)6-11-19(20)29-22(27)17-4-2-3-5-18(17)23/h2-13H,1H3,(H,25,26). The lowest BCUT2D eigenvalue weighted by molar-refractivity contribution is 0.0694. The van der Waals surface area contributed by atoms with Crippen LogP contribution in [0.15, 0.2) is 71.7 Å². The Morgan fingerprint density at radius 2 is 1.72 bits per heavy atom. The van der Waals surface area contributed by atoms with Gasteiger partial charge in [0.2, 0.25) is 0 Å². The third-order valence-electron chi connectivity index (χ3n) is 3.96. The predicted molar refractivity (Wildman–Crippen MR) is 110 cm³/mol. The van der Waals surface area contributed by atoms with Crippen molar-refractivity contribution >= 4 is 35.4 Å². The van der Waals surface area contributed by atoms with Crippen LogP contribution in [0.1, 0.15) is 26.3 Å². The second kappa shape index (κ2) is 9.03. The highest BCUT2D eigenvalue weighted by Crippen LogP contribution is 2.29. The van der Waals surface area contributed by atoms with Gasteiger partial charge in [-0.1, -0.05) is 23.7 Å². The molecule has 0 aromatic heterocycles. The zero-order valence-corrected chi connectivity index (χ0v) is 16.1. The minimum absolute atomic E-state index is 0.190. The molecule has 29 heavy (non-hydrogen) atoms. The molecule has 0 heterocycles. The van der Waals surface area contributed by atoms with E-state index in [4.69, 9.17) is 26.2 Å². The summed E-state index contributed by atoms with van der Waals surface area (Å²) in [5.41, 5.74) is 1.76. The molecule has 0 bridgehead atoms. The lowest BCUT2D eigenvalue weighted by Gasteiger charge is -2.10. The van der Waals surface area contributed by atoms with E-state index in [0.717, 1.165) is 0 Å². The number of hydrogen-bond acceptors (Lipinski definition) is 5. The van der Waals surface area contributed by atoms with E-state index in [1.165, 1.54) is 19.2 Å². The van der Waals surface area contributed by atoms with E-state index < -0.39 is 11.9 Å². The molecule has 0 unspecified atom stereocenters. The zero-order valence-electron chi connectivity index (χ0n) is 15.3. The first-order chi connectivity index (χ1) is 14.0. The molecule has 0 fully saturated rings. The summed E-state index contributed by atoms with van der Waals surface area (Å²) in [6.45, 7) is 0. The summed E-state index contributed by atoms with van der Waals surface area (Å²) in [6, 6.07) is 17.8. The second-order valence-electron chi connectivity index (χ2n) is 5.89. The number of nitrogens with zero attached hydrogens (tertiary/aromatic N) is 1. The van der Waals surface area contributed by atoms with Crippen molar-refractivity contribution in [3.05, 3.63) is 88.4 Å². The quantitative estimate of drug-likeness (QED) is 0.351. The first-order valence-corrected chi connectivity index (χ1v) is 8.88. The lowest BCUT2D eigenvalue weighted by atomic mass is 10.2. The highest BCUT2D eigenvalue weighted by molar-refractivity contribution is 6.33. The predicted octanol–water partition coefficient (Wildman–Crippen LogP) is 5.02. The van der Waals surface area contributed by atoms with Gasteiger partial charge < -0.3 is 14.6 Å². The van der Waals surface area contributed by atoms with E-state index >= 15 is 0 Å². The zero-order chi connectivity index (χ0) is 20.8. The highest BCUT2D eigenvalue weighted by atomic mass is 35.5. The van der Waals surface area contributed by atoms with Gasteiger partial charge in [-0.15, -0.1) is 0 Å². The molecule has 3 rings (SSSR count). The number of esters is 1. The SMILES string of the molecule is COc1cc(C=Nc2ccc(C(=O)O)cc2)ccc1OC(=O)c1ccccc1Cl. The first kappa shape index (κ1) is 20.1. The van der Waals surface area contributed by atoms with Gasteiger partial charge in [0.05, 0.1) is 28.9 Å². The maximum atomic E-state index is 12.3. The number of hydrogen-bond donors (Lipinski definition) is 1. The van der Waals surface area contributed by atoms with Crippen LogP contribution in [0, 0.1) is 0 Å². The van der Waals surface area contributed by atoms with Crippen LogP contribution in [0.2, 0.25) is 5.02 Å². The van der Waals surface area contributed by atoms with Crippen molar-refractivity contribution in [1.29, 1.82) is 0 Å². The van der Waals surface area contributed by atoms with E-state index in [1.54, 1.807) is 60.8 Å². The topological polar surface area (TPSA) is 85.2 Å². The Morgan fingerprint density at radius 3 is 2.38 bits per heavy atom. The summed E-state index contributed by atoms with van der Waals surface area (Å²) in [5.74, 6) is -0.975. The number of carboxylic acid groups (broad SMARTS) is 1. The van der Waals surface area contributed by atoms with Crippen molar-refractivity contribution in [3.63, 3.8) is 0 Å². The maximum absolute atomic E-state index is 12.3. The smallest absolute Gasteiger partial charge is 0.345 e. The van der Waals surface area contributed by atoms with Gasteiger partial charge in [-0.25, -0.2) is 9.59 Å². The monoisotopic (exact) mass is 409 g/mol. The molecule has 7 heteroatoms. The Kier molecular flexibility index (Phi) is 6.26. The summed E-state index contributed by atoms with van der Waals surface area (Å²) in [7, 11) is 1.47. The Labute approximate surface area is 172 Å². The summed E-state index contributed by atoms with van der Waals surface area (Å²) in [6.07, 6.45) is 1.60. The first-order valence-electron chi connectivity index (χ1n) is 8.50. The molecular formula is C22H16ClNO5. The van der Waals surface area contributed by atoms with Gasteiger partial charge in [0.1, 0.15) is 0 Å². The van der Waals surface area contributed by atoms with Crippen LogP contribution in [0.5, 0.6) is 11.5 Å². The summed E-state index contributed by atoms with van der Waals surface area (Å²) in [5, 5.41) is 9.22. The van der Waals surface area contributed by atoms with Crippen molar-refractivity contribution in [2.45, 2.75) is 0 Å². The molecule has 0 aliphatic carbocycles. The Hall–Kier alpha value is -3.64. The molecule has 0 saturated carbocycles. The number of carbonyl (C=O) groups excluding carboxylic acids is 1. The molecule has 0 aliphatic heterocycles. The number of carbonyl (C=O) groups is 2. The summed E-state index contributed by atoms with van der Waals surface area (Å²) in [4.78, 5) is 27.5. The molecule has 0 aliphatic rings. The van der Waals surface area contributed by atoms with Crippen LogP contribution in [-0.4, -0.2) is 30.4 Å². The number of aliphatic imine (C=N–C) groups is 1. The van der Waals surface area contributed by atoms with E-state index in [-0.39, 0.29) is 16.9 Å². The van der Waals surface area contributed by atoms with Crippen LogP contribution in [0.25, 0.3) is 0 Å². The Bertz CT molecular complexity index is 1080. The van der Waals surface area contributed by atoms with Gasteiger partial charge in [-0.2, -0.15) is 0 Å². The Balaban J connectivity index is 1.77. The van der Waals surface area contributed by atoms with Crippen molar-refractivity contribution < 1.29 is 24.2 Å². The number of methoxy groups -OCH3 is 1. The van der Waals surface area contributed by atoms with Gasteiger partial charge >= 0.3 is 11.9 Å². The molecule has 0 spiro atoms. The third-order valence-corrected chi connectivity index (χ3v) is 4.29. The fraction of sp³-hybridized carbons (Fsp3) is 0.0455. The van der Waals surface area contributed by atoms with Crippen LogP contribution in [0.3, 0.4) is 0 Å². The number of halogens is 1. The maximum Gasteiger partial charge on any atom is 0.345 e. The molecule has 0 radical (unpaired) electrons. The van der Waals surface area contributed by atoms with Crippen molar-refractivity contribution in [3.8, 4) is 11.5 Å². The second-order valence-corrected chi connectivity index (χ2v) is 6.30. The van der Waals surface area contributed by atoms with E-state index in [0.29, 0.717) is 22.0 Å². The average molecular weight is 410 g/mol. The molecule has 0 atom stereocenters. The minimum Gasteiger partial charge on any atom is -0.493 e. The average Bonchev–Trinajstić information content (AvgIpc) is 2.73. The van der Waals surface area contributed by atoms with Crippen LogP contribution >= 0.6 is 11.6 Å². The van der Waals surface area contributed by atoms with Crippen LogP contribution in [0.4, 0.5) is 5.69 Å². The van der Waals surface area contributed by atoms with Crippen molar-refractivity contribution in [2.24, 2.45) is 4.99 Å². The van der Waals surface area contributed by atoms with Gasteiger partial charge in [0.15, 0.2) is 11.5 Å². The highest BCUT2D eigenvalue weighted by Gasteiger charge is 2.15. The van der Waals surface area contributed by atoms with Crippen LogP contribution < -0.4 is 9.47 Å². The molecular weight excluding hydrogens is 394 g/mol. The third kappa shape index (κ3) is 5.00. The summed E-state index contributed by atoms with van der Waals surface area (Å²) < 4.78 is 10.7. The largest absolute Gasteiger partial charge is 0.493 e. The summed E-state index contributed by atoms with van der Waals surface area (Å²) >= 11 is 6.03. The lowest BCUT2D eigenvalue weighted by Crippen LogP contribution is -2.10. The molecule has 146 valence electrons. The van der Waals surface area contributed by atoms with E-state index in [1.807, 2.05) is 0 Å². The van der Waals surface area contributed by atoms with Gasteiger partial charge in [0, 0.05) is 6.21 Å². The van der Waals surface area contributed by atoms with Crippen molar-refractivity contribution in [1.82, 2.24) is 0 Å². The van der Waals surface area contributed by atoms with E-state index in [9.17, 15) is 9.59 Å². The molecule has 3 aromatic carbocycles. The molecule has 0 saturated heterocycles. The van der Waals surface area contributed by atoms with Crippen LogP contribution in [-0.2, 0) is 0 Å². The number of ether oxygens (including phenoxy) is 2. The fourth-order valence-electron chi connectivity index (χ4n) is 2.47. The van der Waals surface area contributed by atoms with Gasteiger partial charge in [-0.3, -0.25) is 4.99 Å².